The third-order valence-corrected chi connectivity index (χ3v) is 6.29. The summed E-state index contributed by atoms with van der Waals surface area (Å²) in [6.07, 6.45) is 0.356. The average Bonchev–Trinajstić information content (AvgIpc) is 2.69. The lowest BCUT2D eigenvalue weighted by molar-refractivity contribution is -0.131. The Morgan fingerprint density at radius 1 is 1.15 bits per heavy atom. The first-order chi connectivity index (χ1) is 13.2. The third-order valence-electron chi connectivity index (χ3n) is 5.08. The fourth-order valence-electron chi connectivity index (χ4n) is 3.63. The van der Waals surface area contributed by atoms with Crippen LogP contribution in [0.3, 0.4) is 0 Å². The summed E-state index contributed by atoms with van der Waals surface area (Å²) in [5, 5.41) is 10.7. The summed E-state index contributed by atoms with van der Waals surface area (Å²) in [5.41, 5.74) is 4.18. The van der Waals surface area contributed by atoms with Crippen LogP contribution in [0, 0.1) is 18.3 Å². The summed E-state index contributed by atoms with van der Waals surface area (Å²) >= 11 is 1.60. The zero-order chi connectivity index (χ0) is 18.8. The normalized spacial score (nSPS) is 20.4. The predicted octanol–water partition coefficient (Wildman–Crippen LogP) is 4.21. The molecule has 0 aromatic heterocycles. The number of hydrogen-bond donors (Lipinski definition) is 0. The van der Waals surface area contributed by atoms with Gasteiger partial charge in [0, 0.05) is 18.9 Å². The average molecular weight is 375 g/mol. The number of benzene rings is 2. The van der Waals surface area contributed by atoms with Gasteiger partial charge in [0.15, 0.2) is 0 Å². The lowest BCUT2D eigenvalue weighted by Crippen LogP contribution is -2.46. The number of fused-ring (bicyclic) bond motifs is 1. The molecule has 1 atom stereocenters. The Morgan fingerprint density at radius 3 is 2.59 bits per heavy atom. The van der Waals surface area contributed by atoms with E-state index in [0.717, 1.165) is 28.6 Å². The van der Waals surface area contributed by atoms with E-state index in [0.29, 0.717) is 13.1 Å². The highest BCUT2D eigenvalue weighted by molar-refractivity contribution is 8.03. The van der Waals surface area contributed by atoms with Gasteiger partial charge < -0.3 is 0 Å². The van der Waals surface area contributed by atoms with E-state index in [1.165, 1.54) is 11.1 Å². The molecule has 0 saturated carbocycles. The van der Waals surface area contributed by atoms with Gasteiger partial charge in [-0.15, -0.1) is 0 Å². The van der Waals surface area contributed by atoms with E-state index in [1.54, 1.807) is 16.7 Å². The summed E-state index contributed by atoms with van der Waals surface area (Å²) in [4.78, 5) is 16.9. The van der Waals surface area contributed by atoms with Gasteiger partial charge in [-0.2, -0.15) is 5.26 Å². The van der Waals surface area contributed by atoms with Crippen molar-refractivity contribution in [1.29, 1.82) is 5.26 Å². The molecule has 0 N–H and O–H groups in total. The maximum Gasteiger partial charge on any atom is 0.229 e. The molecule has 2 aromatic rings. The Hall–Kier alpha value is -2.55. The molecule has 2 aliphatic rings. The van der Waals surface area contributed by atoms with Gasteiger partial charge in [0.1, 0.15) is 0 Å². The standard InChI is InChI=1S/C22H21N3OS/c1-16-7-9-18(10-8-16)19-11-21(26)25-14-24(13-17-5-3-2-4-6-17)15-27-22(25)20(19)12-23/h2-10,19H,11,13-15H2,1H3. The predicted molar refractivity (Wildman–Crippen MR) is 107 cm³/mol. The number of amides is 1. The second-order valence-corrected chi connectivity index (χ2v) is 7.98. The van der Waals surface area contributed by atoms with Crippen LogP contribution in [0.2, 0.25) is 0 Å². The van der Waals surface area contributed by atoms with Crippen LogP contribution >= 0.6 is 11.8 Å². The van der Waals surface area contributed by atoms with Gasteiger partial charge >= 0.3 is 0 Å². The molecule has 136 valence electrons. The van der Waals surface area contributed by atoms with Gasteiger partial charge in [-0.3, -0.25) is 14.6 Å². The van der Waals surface area contributed by atoms with Crippen molar-refractivity contribution in [3.05, 3.63) is 81.9 Å². The van der Waals surface area contributed by atoms with E-state index in [-0.39, 0.29) is 11.8 Å². The number of carbonyl (C=O) groups excluding carboxylic acids is 1. The molecule has 1 saturated heterocycles. The molecule has 0 bridgehead atoms. The fraction of sp³-hybridized carbons (Fsp3) is 0.273. The second-order valence-electron chi connectivity index (χ2n) is 7.05. The molecule has 2 aliphatic heterocycles. The molecule has 1 fully saturated rings. The van der Waals surface area contributed by atoms with Gasteiger partial charge in [-0.1, -0.05) is 71.9 Å². The number of thioether (sulfide) groups is 1. The summed E-state index contributed by atoms with van der Waals surface area (Å²) in [7, 11) is 0. The van der Waals surface area contributed by atoms with Crippen LogP contribution in [-0.4, -0.2) is 28.3 Å². The molecule has 4 rings (SSSR count). The number of rotatable bonds is 3. The largest absolute Gasteiger partial charge is 0.292 e. The molecular weight excluding hydrogens is 354 g/mol. The lowest BCUT2D eigenvalue weighted by atomic mass is 9.86. The van der Waals surface area contributed by atoms with Crippen LogP contribution in [0.1, 0.15) is 29.0 Å². The van der Waals surface area contributed by atoms with Crippen LogP contribution in [-0.2, 0) is 11.3 Å². The molecule has 1 amide bonds. The first kappa shape index (κ1) is 17.8. The Balaban J connectivity index is 1.59. The van der Waals surface area contributed by atoms with Gasteiger partial charge in [0.05, 0.1) is 29.2 Å². The molecule has 2 heterocycles. The Bertz CT molecular complexity index is 915. The van der Waals surface area contributed by atoms with Gasteiger partial charge in [-0.05, 0) is 18.1 Å². The van der Waals surface area contributed by atoms with Crippen molar-refractivity contribution in [3.8, 4) is 6.07 Å². The molecule has 4 nitrogen and oxygen atoms in total. The highest BCUT2D eigenvalue weighted by Gasteiger charge is 2.38. The summed E-state index contributed by atoms with van der Waals surface area (Å²) < 4.78 is 0. The zero-order valence-corrected chi connectivity index (χ0v) is 16.1. The number of aryl methyl sites for hydroxylation is 1. The Morgan fingerprint density at radius 2 is 1.89 bits per heavy atom. The van der Waals surface area contributed by atoms with Crippen LogP contribution in [0.25, 0.3) is 0 Å². The summed E-state index contributed by atoms with van der Waals surface area (Å²) in [5.74, 6) is 0.738. The maximum atomic E-state index is 12.9. The number of nitrogens with zero attached hydrogens (tertiary/aromatic N) is 3. The highest BCUT2D eigenvalue weighted by atomic mass is 32.2. The topological polar surface area (TPSA) is 47.3 Å². The van der Waals surface area contributed by atoms with Crippen molar-refractivity contribution in [2.24, 2.45) is 0 Å². The third kappa shape index (κ3) is 3.64. The smallest absolute Gasteiger partial charge is 0.229 e. The second kappa shape index (κ2) is 7.59. The van der Waals surface area contributed by atoms with Crippen LogP contribution in [0.15, 0.2) is 65.2 Å². The first-order valence-electron chi connectivity index (χ1n) is 9.06. The van der Waals surface area contributed by atoms with Crippen molar-refractivity contribution in [3.63, 3.8) is 0 Å². The lowest BCUT2D eigenvalue weighted by Gasteiger charge is -2.41. The van der Waals surface area contributed by atoms with E-state index in [2.05, 4.69) is 23.1 Å². The fourth-order valence-corrected chi connectivity index (χ4v) is 4.77. The zero-order valence-electron chi connectivity index (χ0n) is 15.3. The molecule has 0 spiro atoms. The quantitative estimate of drug-likeness (QED) is 0.806. The SMILES string of the molecule is Cc1ccc(C2CC(=O)N3CN(Cc4ccccc4)CSC3=C2C#N)cc1. The first-order valence-corrected chi connectivity index (χ1v) is 10.0. The maximum absolute atomic E-state index is 12.9. The minimum Gasteiger partial charge on any atom is -0.292 e. The molecule has 5 heteroatoms. The Labute approximate surface area is 164 Å². The highest BCUT2D eigenvalue weighted by Crippen LogP contribution is 2.42. The van der Waals surface area contributed by atoms with Crippen molar-refractivity contribution < 1.29 is 4.79 Å². The van der Waals surface area contributed by atoms with E-state index in [1.807, 2.05) is 49.4 Å². The number of carbonyl (C=O) groups is 1. The number of hydrogen-bond acceptors (Lipinski definition) is 4. The van der Waals surface area contributed by atoms with E-state index in [9.17, 15) is 10.1 Å². The van der Waals surface area contributed by atoms with Crippen molar-refractivity contribution in [2.45, 2.75) is 25.8 Å². The van der Waals surface area contributed by atoms with E-state index >= 15 is 0 Å². The molecule has 0 radical (unpaired) electrons. The molecule has 0 aliphatic carbocycles. The minimum absolute atomic E-state index is 0.0971. The van der Waals surface area contributed by atoms with Crippen molar-refractivity contribution in [2.75, 3.05) is 12.5 Å². The monoisotopic (exact) mass is 375 g/mol. The van der Waals surface area contributed by atoms with Crippen LogP contribution in [0.5, 0.6) is 0 Å². The van der Waals surface area contributed by atoms with E-state index in [4.69, 9.17) is 0 Å². The molecule has 2 aromatic carbocycles. The van der Waals surface area contributed by atoms with Gasteiger partial charge in [-0.25, -0.2) is 0 Å². The number of nitriles is 1. The van der Waals surface area contributed by atoms with Gasteiger partial charge in [0.25, 0.3) is 0 Å². The molecular formula is C22H21N3OS. The Kier molecular flexibility index (Phi) is 5.02. The molecule has 27 heavy (non-hydrogen) atoms. The summed E-state index contributed by atoms with van der Waals surface area (Å²) in [6, 6.07) is 20.8. The van der Waals surface area contributed by atoms with Crippen molar-refractivity contribution >= 4 is 17.7 Å². The minimum atomic E-state index is -0.137. The molecule has 1 unspecified atom stereocenters. The van der Waals surface area contributed by atoms with Crippen molar-refractivity contribution in [1.82, 2.24) is 9.80 Å². The summed E-state index contributed by atoms with van der Waals surface area (Å²) in [6.45, 7) is 3.38. The van der Waals surface area contributed by atoms with Gasteiger partial charge in [0.2, 0.25) is 5.91 Å². The van der Waals surface area contributed by atoms with E-state index < -0.39 is 0 Å². The van der Waals surface area contributed by atoms with Crippen LogP contribution < -0.4 is 0 Å². The van der Waals surface area contributed by atoms with Crippen LogP contribution in [0.4, 0.5) is 0 Å². The number of allylic oxidation sites excluding steroid dienone is 1.